The van der Waals surface area contributed by atoms with Gasteiger partial charge in [0.15, 0.2) is 12.1 Å². The monoisotopic (exact) mass is 249 g/mol. The van der Waals surface area contributed by atoms with E-state index < -0.39 is 18.1 Å². The van der Waals surface area contributed by atoms with Crippen molar-refractivity contribution in [3.8, 4) is 0 Å². The number of amides is 1. The molecule has 0 aliphatic carbocycles. The van der Waals surface area contributed by atoms with Crippen molar-refractivity contribution in [1.29, 1.82) is 0 Å². The molecule has 1 amide bonds. The van der Waals surface area contributed by atoms with E-state index in [-0.39, 0.29) is 5.91 Å². The molecule has 1 aromatic rings. The number of carbonyl (C=O) groups excluding carboxylic acids is 1. The van der Waals surface area contributed by atoms with E-state index in [4.69, 9.17) is 9.84 Å². The molecule has 5 heteroatoms. The number of benzene rings is 1. The van der Waals surface area contributed by atoms with Gasteiger partial charge in [0.25, 0.3) is 5.91 Å². The molecular weight excluding hydrogens is 234 g/mol. The first-order valence-electron chi connectivity index (χ1n) is 5.84. The Morgan fingerprint density at radius 1 is 1.39 bits per heavy atom. The Hall–Kier alpha value is -1.88. The fourth-order valence-corrected chi connectivity index (χ4v) is 2.08. The second kappa shape index (κ2) is 5.18. The molecule has 1 N–H and O–H groups in total. The molecule has 5 nitrogen and oxygen atoms in total. The predicted octanol–water partition coefficient (Wildman–Crippen LogP) is 0.887. The third-order valence-electron chi connectivity index (χ3n) is 2.94. The Labute approximate surface area is 105 Å². The molecule has 1 aliphatic heterocycles. The number of carboxylic acids is 1. The van der Waals surface area contributed by atoms with Crippen LogP contribution in [0.1, 0.15) is 12.5 Å². The summed E-state index contributed by atoms with van der Waals surface area (Å²) < 4.78 is 5.16. The molecule has 2 atom stereocenters. The number of hydrogen-bond acceptors (Lipinski definition) is 3. The highest BCUT2D eigenvalue weighted by Crippen LogP contribution is 2.25. The van der Waals surface area contributed by atoms with Gasteiger partial charge >= 0.3 is 5.97 Å². The summed E-state index contributed by atoms with van der Waals surface area (Å²) in [7, 11) is 0. The third-order valence-corrected chi connectivity index (χ3v) is 2.94. The Bertz CT molecular complexity index is 446. The van der Waals surface area contributed by atoms with Crippen LogP contribution in [0.3, 0.4) is 0 Å². The largest absolute Gasteiger partial charge is 0.480 e. The molecule has 96 valence electrons. The molecule has 1 aromatic carbocycles. The van der Waals surface area contributed by atoms with Crippen molar-refractivity contribution in [3.05, 3.63) is 35.9 Å². The molecule has 0 spiro atoms. The second-order valence-electron chi connectivity index (χ2n) is 4.11. The number of aliphatic carboxylic acids is 1. The average molecular weight is 249 g/mol. The number of hydrogen-bond donors (Lipinski definition) is 1. The molecule has 0 bridgehead atoms. The standard InChI is InChI=1S/C13H15NO4/c1-2-18-11-10(13(16)17)14(12(11)15)8-9-6-4-3-5-7-9/h3-7,10-11H,2,8H2,1H3,(H,16,17)/t10-,11-/m1/s1. The molecule has 18 heavy (non-hydrogen) atoms. The van der Waals surface area contributed by atoms with Crippen LogP contribution in [0.25, 0.3) is 0 Å². The lowest BCUT2D eigenvalue weighted by atomic mass is 9.97. The van der Waals surface area contributed by atoms with Crippen molar-refractivity contribution >= 4 is 11.9 Å². The zero-order valence-corrected chi connectivity index (χ0v) is 10.1. The molecule has 1 heterocycles. The van der Waals surface area contributed by atoms with Crippen LogP contribution >= 0.6 is 0 Å². The second-order valence-corrected chi connectivity index (χ2v) is 4.11. The summed E-state index contributed by atoms with van der Waals surface area (Å²) in [5.41, 5.74) is 0.909. The SMILES string of the molecule is CCO[C@H]1C(=O)N(Cc2ccccc2)[C@H]1C(=O)O. The van der Waals surface area contributed by atoms with Crippen molar-refractivity contribution in [3.63, 3.8) is 0 Å². The van der Waals surface area contributed by atoms with E-state index in [1.165, 1.54) is 4.90 Å². The summed E-state index contributed by atoms with van der Waals surface area (Å²) in [6.45, 7) is 2.38. The van der Waals surface area contributed by atoms with Crippen LogP contribution in [0.4, 0.5) is 0 Å². The zero-order valence-electron chi connectivity index (χ0n) is 10.1. The molecular formula is C13H15NO4. The summed E-state index contributed by atoms with van der Waals surface area (Å²) >= 11 is 0. The van der Waals surface area contributed by atoms with Gasteiger partial charge in [-0.1, -0.05) is 30.3 Å². The number of likely N-dealkylation sites (tertiary alicyclic amines) is 1. The fourth-order valence-electron chi connectivity index (χ4n) is 2.08. The van der Waals surface area contributed by atoms with Crippen LogP contribution < -0.4 is 0 Å². The maximum absolute atomic E-state index is 11.8. The zero-order chi connectivity index (χ0) is 13.1. The maximum atomic E-state index is 11.8. The van der Waals surface area contributed by atoms with Crippen LogP contribution in [0, 0.1) is 0 Å². The van der Waals surface area contributed by atoms with E-state index in [1.54, 1.807) is 6.92 Å². The minimum Gasteiger partial charge on any atom is -0.480 e. The van der Waals surface area contributed by atoms with Crippen molar-refractivity contribution in [1.82, 2.24) is 4.90 Å². The molecule has 1 aliphatic rings. The van der Waals surface area contributed by atoms with Crippen LogP contribution in [0.2, 0.25) is 0 Å². The van der Waals surface area contributed by atoms with Gasteiger partial charge in [-0.25, -0.2) is 4.79 Å². The van der Waals surface area contributed by atoms with Gasteiger partial charge in [0, 0.05) is 13.2 Å². The first-order chi connectivity index (χ1) is 8.65. The highest BCUT2D eigenvalue weighted by molar-refractivity contribution is 5.98. The Morgan fingerprint density at radius 3 is 2.61 bits per heavy atom. The Kier molecular flexibility index (Phi) is 3.62. The lowest BCUT2D eigenvalue weighted by Crippen LogP contribution is -2.68. The van der Waals surface area contributed by atoms with Crippen molar-refractivity contribution in [2.24, 2.45) is 0 Å². The summed E-state index contributed by atoms with van der Waals surface area (Å²) in [4.78, 5) is 24.3. The van der Waals surface area contributed by atoms with Crippen LogP contribution in [-0.2, 0) is 20.9 Å². The van der Waals surface area contributed by atoms with Gasteiger partial charge in [-0.2, -0.15) is 0 Å². The van der Waals surface area contributed by atoms with E-state index in [2.05, 4.69) is 0 Å². The minimum absolute atomic E-state index is 0.256. The quantitative estimate of drug-likeness (QED) is 0.787. The van der Waals surface area contributed by atoms with Crippen LogP contribution in [-0.4, -0.2) is 40.6 Å². The van der Waals surface area contributed by atoms with Gasteiger partial charge in [0.2, 0.25) is 0 Å². The number of rotatable bonds is 5. The van der Waals surface area contributed by atoms with Crippen molar-refractivity contribution in [2.45, 2.75) is 25.6 Å². The predicted molar refractivity (Wildman–Crippen MR) is 63.8 cm³/mol. The van der Waals surface area contributed by atoms with Crippen LogP contribution in [0.5, 0.6) is 0 Å². The molecule has 0 aromatic heterocycles. The molecule has 0 unspecified atom stereocenters. The first kappa shape index (κ1) is 12.6. The van der Waals surface area contributed by atoms with E-state index >= 15 is 0 Å². The number of carboxylic acid groups (broad SMARTS) is 1. The van der Waals surface area contributed by atoms with E-state index in [0.717, 1.165) is 5.56 Å². The van der Waals surface area contributed by atoms with Crippen molar-refractivity contribution < 1.29 is 19.4 Å². The van der Waals surface area contributed by atoms with Gasteiger partial charge in [-0.3, -0.25) is 4.79 Å². The lowest BCUT2D eigenvalue weighted by molar-refractivity contribution is -0.186. The first-order valence-corrected chi connectivity index (χ1v) is 5.84. The molecule has 1 saturated heterocycles. The molecule has 1 fully saturated rings. The highest BCUT2D eigenvalue weighted by atomic mass is 16.5. The Morgan fingerprint density at radius 2 is 2.06 bits per heavy atom. The van der Waals surface area contributed by atoms with Gasteiger partial charge in [0.1, 0.15) is 0 Å². The number of ether oxygens (including phenoxy) is 1. The average Bonchev–Trinajstić information content (AvgIpc) is 2.37. The summed E-state index contributed by atoms with van der Waals surface area (Å²) in [5, 5.41) is 9.12. The molecule has 2 rings (SSSR count). The molecule has 0 radical (unpaired) electrons. The topological polar surface area (TPSA) is 66.8 Å². The minimum atomic E-state index is -1.02. The summed E-state index contributed by atoms with van der Waals surface area (Å²) in [6, 6.07) is 8.43. The van der Waals surface area contributed by atoms with Gasteiger partial charge in [-0.15, -0.1) is 0 Å². The van der Waals surface area contributed by atoms with Gasteiger partial charge < -0.3 is 14.7 Å². The summed E-state index contributed by atoms with van der Waals surface area (Å²) in [6.07, 6.45) is -0.837. The number of β-lactam (4-membered cyclic amide) rings is 1. The normalized spacial score (nSPS) is 22.7. The smallest absolute Gasteiger partial charge is 0.329 e. The Balaban J connectivity index is 2.09. The molecule has 0 saturated carbocycles. The third kappa shape index (κ3) is 2.22. The maximum Gasteiger partial charge on any atom is 0.329 e. The highest BCUT2D eigenvalue weighted by Gasteiger charge is 2.52. The number of nitrogens with zero attached hydrogens (tertiary/aromatic N) is 1. The summed E-state index contributed by atoms with van der Waals surface area (Å²) in [5.74, 6) is -1.28. The fraction of sp³-hybridized carbons (Fsp3) is 0.385. The number of carbonyl (C=O) groups is 2. The van der Waals surface area contributed by atoms with Crippen molar-refractivity contribution in [2.75, 3.05) is 6.61 Å². The van der Waals surface area contributed by atoms with Crippen LogP contribution in [0.15, 0.2) is 30.3 Å². The van der Waals surface area contributed by atoms with Gasteiger partial charge in [0.05, 0.1) is 0 Å². The van der Waals surface area contributed by atoms with E-state index in [1.807, 2.05) is 30.3 Å². The van der Waals surface area contributed by atoms with E-state index in [0.29, 0.717) is 13.2 Å². The van der Waals surface area contributed by atoms with E-state index in [9.17, 15) is 9.59 Å². The van der Waals surface area contributed by atoms with Gasteiger partial charge in [-0.05, 0) is 12.5 Å². The lowest BCUT2D eigenvalue weighted by Gasteiger charge is -2.43.